The zero-order valence-electron chi connectivity index (χ0n) is 28.4. The zero-order chi connectivity index (χ0) is 38.3. The number of benzene rings is 5. The fourth-order valence-electron chi connectivity index (χ4n) is 6.09. The molecule has 0 atom stereocenters. The van der Waals surface area contributed by atoms with Gasteiger partial charge in [-0.25, -0.2) is 29.0 Å². The van der Waals surface area contributed by atoms with Crippen LogP contribution < -0.4 is 9.80 Å². The van der Waals surface area contributed by atoms with Gasteiger partial charge in [0.25, 0.3) is 23.6 Å². The first kappa shape index (κ1) is 34.9. The topological polar surface area (TPSA) is 180 Å². The van der Waals surface area contributed by atoms with E-state index in [4.69, 9.17) is 18.9 Å². The molecule has 0 fully saturated rings. The lowest BCUT2D eigenvalue weighted by Crippen LogP contribution is -2.30. The molecule has 0 bridgehead atoms. The van der Waals surface area contributed by atoms with Crippen LogP contribution in [0.1, 0.15) is 89.8 Å². The summed E-state index contributed by atoms with van der Waals surface area (Å²) in [5, 5.41) is 1.35. The smallest absolute Gasteiger partial charge is 0.341 e. The summed E-state index contributed by atoms with van der Waals surface area (Å²) in [5.41, 5.74) is 0.968. The third-order valence-corrected chi connectivity index (χ3v) is 8.76. The Morgan fingerprint density at radius 1 is 0.463 bits per heavy atom. The Bertz CT molecular complexity index is 2490. The molecule has 0 N–H and O–H groups in total. The van der Waals surface area contributed by atoms with Crippen molar-refractivity contribution < 1.29 is 57.3 Å². The molecule has 5 aromatic carbocycles. The SMILES string of the molecule is CCOC(=O)c1ccc2c(c1)C(=O)N(c1ccc(N3C(=O)c4ccc(C(=O)OCOC(=O)c5ccc6cc(C(=O)OC)ccc6c5)cc4C3=O)cc1)C2=O. The zero-order valence-corrected chi connectivity index (χ0v) is 28.4. The highest BCUT2D eigenvalue weighted by molar-refractivity contribution is 6.36. The molecule has 5 aromatic rings. The molecule has 2 aliphatic heterocycles. The van der Waals surface area contributed by atoms with E-state index in [2.05, 4.69) is 0 Å². The number of anilines is 2. The standard InChI is InChI=1S/C40H26N2O12/c1-3-52-38(48)25-8-14-29-31(18-25)35(45)41(33(29)43)27-10-12-28(13-11-27)42-34(44)30-15-9-26(19-32(30)36(42)46)40(50)54-20-53-39(49)24-7-5-21-16-23(37(47)51-2)6-4-22(21)17-24/h4-19H,3,20H2,1-2H3. The molecule has 4 amide bonds. The Hall–Kier alpha value is -7.48. The van der Waals surface area contributed by atoms with Crippen LogP contribution >= 0.6 is 0 Å². The minimum atomic E-state index is -0.919. The quantitative estimate of drug-likeness (QED) is 0.0821. The van der Waals surface area contributed by atoms with Gasteiger partial charge in [-0.2, -0.15) is 0 Å². The Labute approximate surface area is 305 Å². The number of amides is 4. The number of carbonyl (C=O) groups is 8. The third kappa shape index (κ3) is 6.11. The van der Waals surface area contributed by atoms with Crippen LogP contribution in [-0.2, 0) is 18.9 Å². The van der Waals surface area contributed by atoms with Crippen molar-refractivity contribution in [2.45, 2.75) is 6.92 Å². The predicted molar refractivity (Wildman–Crippen MR) is 189 cm³/mol. The maximum atomic E-state index is 13.4. The average molecular weight is 727 g/mol. The van der Waals surface area contributed by atoms with E-state index in [-0.39, 0.29) is 56.9 Å². The van der Waals surface area contributed by atoms with Gasteiger partial charge in [0.05, 0.1) is 69.6 Å². The van der Waals surface area contributed by atoms with Crippen LogP contribution in [0.4, 0.5) is 11.4 Å². The van der Waals surface area contributed by atoms with Crippen molar-refractivity contribution in [3.8, 4) is 0 Å². The molecule has 14 heteroatoms. The van der Waals surface area contributed by atoms with Crippen molar-refractivity contribution in [3.63, 3.8) is 0 Å². The van der Waals surface area contributed by atoms with Gasteiger partial charge in [0.1, 0.15) is 0 Å². The van der Waals surface area contributed by atoms with Gasteiger partial charge >= 0.3 is 23.9 Å². The summed E-state index contributed by atoms with van der Waals surface area (Å²) in [6.07, 6.45) is 0. The van der Waals surface area contributed by atoms with Crippen LogP contribution in [0.25, 0.3) is 10.8 Å². The van der Waals surface area contributed by atoms with E-state index in [0.717, 1.165) is 9.80 Å². The van der Waals surface area contributed by atoms with Gasteiger partial charge in [-0.3, -0.25) is 19.2 Å². The van der Waals surface area contributed by atoms with Gasteiger partial charge in [0.2, 0.25) is 6.79 Å². The Kier molecular flexibility index (Phi) is 9.01. The van der Waals surface area contributed by atoms with E-state index in [1.165, 1.54) is 73.8 Å². The number of hydrogen-bond donors (Lipinski definition) is 0. The number of methoxy groups -OCH3 is 1. The van der Waals surface area contributed by atoms with Crippen molar-refractivity contribution in [2.24, 2.45) is 0 Å². The van der Waals surface area contributed by atoms with E-state index in [9.17, 15) is 38.4 Å². The number of carbonyl (C=O) groups excluding carboxylic acids is 8. The lowest BCUT2D eigenvalue weighted by molar-refractivity contribution is -0.0168. The summed E-state index contributed by atoms with van der Waals surface area (Å²) < 4.78 is 19.9. The molecule has 7 rings (SSSR count). The highest BCUT2D eigenvalue weighted by atomic mass is 16.7. The first-order valence-corrected chi connectivity index (χ1v) is 16.3. The maximum absolute atomic E-state index is 13.4. The number of rotatable bonds is 9. The van der Waals surface area contributed by atoms with Crippen molar-refractivity contribution in [1.82, 2.24) is 0 Å². The van der Waals surface area contributed by atoms with Crippen LogP contribution in [-0.4, -0.2) is 68.0 Å². The second-order valence-electron chi connectivity index (χ2n) is 11.9. The monoisotopic (exact) mass is 726 g/mol. The van der Waals surface area contributed by atoms with Crippen LogP contribution in [0, 0.1) is 0 Å². The Balaban J connectivity index is 0.994. The Morgan fingerprint density at radius 3 is 1.26 bits per heavy atom. The summed E-state index contributed by atoms with van der Waals surface area (Å²) in [6, 6.07) is 23.0. The summed E-state index contributed by atoms with van der Waals surface area (Å²) in [5.74, 6) is -5.49. The van der Waals surface area contributed by atoms with Crippen LogP contribution in [0.5, 0.6) is 0 Å². The number of nitrogens with zero attached hydrogens (tertiary/aromatic N) is 2. The number of fused-ring (bicyclic) bond motifs is 3. The minimum Gasteiger partial charge on any atom is -0.465 e. The first-order valence-electron chi connectivity index (χ1n) is 16.3. The second-order valence-corrected chi connectivity index (χ2v) is 11.9. The van der Waals surface area contributed by atoms with E-state index >= 15 is 0 Å². The van der Waals surface area contributed by atoms with Crippen molar-refractivity contribution in [3.05, 3.63) is 142 Å². The summed E-state index contributed by atoms with van der Waals surface area (Å²) in [7, 11) is 1.28. The minimum absolute atomic E-state index is 0.0276. The van der Waals surface area contributed by atoms with Gasteiger partial charge in [-0.05, 0) is 103 Å². The molecule has 0 spiro atoms. The van der Waals surface area contributed by atoms with Crippen molar-refractivity contribution in [2.75, 3.05) is 30.3 Å². The fourth-order valence-corrected chi connectivity index (χ4v) is 6.09. The molecule has 2 aliphatic rings. The molecule has 0 aliphatic carbocycles. The van der Waals surface area contributed by atoms with E-state index in [0.29, 0.717) is 16.3 Å². The second kappa shape index (κ2) is 13.9. The molecule has 0 saturated carbocycles. The molecule has 2 heterocycles. The van der Waals surface area contributed by atoms with Crippen LogP contribution in [0.2, 0.25) is 0 Å². The summed E-state index contributed by atoms with van der Waals surface area (Å²) >= 11 is 0. The number of ether oxygens (including phenoxy) is 4. The molecule has 0 radical (unpaired) electrons. The van der Waals surface area contributed by atoms with Crippen molar-refractivity contribution in [1.29, 1.82) is 0 Å². The lowest BCUT2D eigenvalue weighted by atomic mass is 10.0. The molecule has 54 heavy (non-hydrogen) atoms. The number of imide groups is 2. The summed E-state index contributed by atoms with van der Waals surface area (Å²) in [6.45, 7) is 1.05. The largest absolute Gasteiger partial charge is 0.465 e. The third-order valence-electron chi connectivity index (χ3n) is 8.76. The molecular formula is C40H26N2O12. The van der Waals surface area contributed by atoms with Gasteiger partial charge in [0.15, 0.2) is 0 Å². The first-order chi connectivity index (χ1) is 26.0. The Morgan fingerprint density at radius 2 is 0.833 bits per heavy atom. The highest BCUT2D eigenvalue weighted by Gasteiger charge is 2.39. The highest BCUT2D eigenvalue weighted by Crippen LogP contribution is 2.34. The molecular weight excluding hydrogens is 700 g/mol. The molecule has 0 saturated heterocycles. The molecule has 0 unspecified atom stereocenters. The van der Waals surface area contributed by atoms with Crippen molar-refractivity contribution >= 4 is 69.7 Å². The normalized spacial score (nSPS) is 13.1. The number of esters is 4. The fraction of sp³-hybridized carbons (Fsp3) is 0.100. The predicted octanol–water partition coefficient (Wildman–Crippen LogP) is 5.38. The van der Waals surface area contributed by atoms with Gasteiger partial charge in [-0.1, -0.05) is 12.1 Å². The average Bonchev–Trinajstić information content (AvgIpc) is 3.59. The van der Waals surface area contributed by atoms with E-state index in [1.807, 2.05) is 0 Å². The number of hydrogen-bond acceptors (Lipinski definition) is 12. The maximum Gasteiger partial charge on any atom is 0.341 e. The molecule has 268 valence electrons. The lowest BCUT2D eigenvalue weighted by Gasteiger charge is -2.17. The van der Waals surface area contributed by atoms with Crippen LogP contribution in [0.15, 0.2) is 97.1 Å². The summed E-state index contributed by atoms with van der Waals surface area (Å²) in [4.78, 5) is 104. The molecule has 0 aromatic heterocycles. The van der Waals surface area contributed by atoms with Crippen LogP contribution in [0.3, 0.4) is 0 Å². The van der Waals surface area contributed by atoms with Gasteiger partial charge < -0.3 is 18.9 Å². The van der Waals surface area contributed by atoms with E-state index in [1.54, 1.807) is 37.3 Å². The van der Waals surface area contributed by atoms with E-state index < -0.39 is 54.3 Å². The molecule has 14 nitrogen and oxygen atoms in total. The van der Waals surface area contributed by atoms with Gasteiger partial charge in [0, 0.05) is 0 Å². The van der Waals surface area contributed by atoms with Gasteiger partial charge in [-0.15, -0.1) is 0 Å².